The molecule has 0 bridgehead atoms. The van der Waals surface area contributed by atoms with Crippen LogP contribution in [0, 0.1) is 0 Å². The molecule has 2 N–H and O–H groups in total. The zero-order chi connectivity index (χ0) is 15.3. The Labute approximate surface area is 127 Å². The minimum atomic E-state index is -0.366. The van der Waals surface area contributed by atoms with Crippen LogP contribution in [-0.4, -0.2) is 24.7 Å². The fourth-order valence-electron chi connectivity index (χ4n) is 2.58. The molecule has 1 heterocycles. The van der Waals surface area contributed by atoms with E-state index in [0.717, 1.165) is 18.7 Å². The van der Waals surface area contributed by atoms with E-state index in [-0.39, 0.29) is 11.6 Å². The third kappa shape index (κ3) is 5.38. The van der Waals surface area contributed by atoms with Crippen LogP contribution in [0.2, 0.25) is 0 Å². The lowest BCUT2D eigenvalue weighted by Gasteiger charge is -2.23. The Kier molecular flexibility index (Phi) is 5.23. The molecule has 2 rings (SSSR count). The monoisotopic (exact) mass is 290 g/mol. The summed E-state index contributed by atoms with van der Waals surface area (Å²) >= 11 is 0. The van der Waals surface area contributed by atoms with Crippen LogP contribution in [0.4, 0.5) is 4.79 Å². The van der Waals surface area contributed by atoms with Crippen LogP contribution in [0.3, 0.4) is 0 Å². The molecule has 4 heteroatoms. The molecular formula is C17H26N2O2. The topological polar surface area (TPSA) is 50.4 Å². The van der Waals surface area contributed by atoms with Crippen molar-refractivity contribution >= 4 is 6.09 Å². The molecule has 1 aromatic rings. The highest BCUT2D eigenvalue weighted by Crippen LogP contribution is 2.25. The number of alkyl carbamates (subject to hydrolysis) is 1. The van der Waals surface area contributed by atoms with E-state index in [9.17, 15) is 4.79 Å². The number of amides is 1. The number of nitrogens with one attached hydrogen (secondary N) is 2. The lowest BCUT2D eigenvalue weighted by Crippen LogP contribution is -2.40. The average Bonchev–Trinajstić information content (AvgIpc) is 2.45. The number of carbonyl (C=O) groups is 1. The lowest BCUT2D eigenvalue weighted by molar-refractivity contribution is 0.131. The fraction of sp³-hybridized carbons (Fsp3) is 0.588. The van der Waals surface area contributed by atoms with Gasteiger partial charge in [0.05, 0.1) is 0 Å². The first kappa shape index (κ1) is 15.8. The number of ether oxygens (including phenoxy) is 1. The van der Waals surface area contributed by atoms with Crippen molar-refractivity contribution in [2.45, 2.75) is 51.7 Å². The van der Waals surface area contributed by atoms with Gasteiger partial charge in [-0.1, -0.05) is 24.3 Å². The van der Waals surface area contributed by atoms with Gasteiger partial charge in [-0.2, -0.15) is 0 Å². The fourth-order valence-corrected chi connectivity index (χ4v) is 2.58. The van der Waals surface area contributed by atoms with Gasteiger partial charge in [0, 0.05) is 5.54 Å². The van der Waals surface area contributed by atoms with E-state index in [1.54, 1.807) is 0 Å². The molecule has 0 atom stereocenters. The summed E-state index contributed by atoms with van der Waals surface area (Å²) in [6.07, 6.45) is 1.98. The summed E-state index contributed by atoms with van der Waals surface area (Å²) in [4.78, 5) is 11.7. The van der Waals surface area contributed by atoms with Gasteiger partial charge in [-0.3, -0.25) is 0 Å². The number of rotatable bonds is 3. The standard InChI is InChI=1S/C17H26N2O2/c1-17(2,3)19-16(20)21-12-13-5-4-6-15(11-13)14-7-9-18-10-8-14/h4-6,11,14,18H,7-10,12H2,1-3H3,(H,19,20). The number of hydrogen-bond donors (Lipinski definition) is 2. The van der Waals surface area contributed by atoms with Gasteiger partial charge in [-0.25, -0.2) is 4.79 Å². The van der Waals surface area contributed by atoms with E-state index in [2.05, 4.69) is 28.8 Å². The van der Waals surface area contributed by atoms with Crippen molar-refractivity contribution in [1.82, 2.24) is 10.6 Å². The first-order valence-electron chi connectivity index (χ1n) is 7.68. The Morgan fingerprint density at radius 2 is 2.05 bits per heavy atom. The van der Waals surface area contributed by atoms with E-state index >= 15 is 0 Å². The van der Waals surface area contributed by atoms with Crippen molar-refractivity contribution in [3.63, 3.8) is 0 Å². The van der Waals surface area contributed by atoms with E-state index in [1.807, 2.05) is 26.8 Å². The van der Waals surface area contributed by atoms with Crippen molar-refractivity contribution in [1.29, 1.82) is 0 Å². The average molecular weight is 290 g/mol. The quantitative estimate of drug-likeness (QED) is 0.899. The summed E-state index contributed by atoms with van der Waals surface area (Å²) in [5.41, 5.74) is 2.14. The maximum atomic E-state index is 11.7. The first-order valence-corrected chi connectivity index (χ1v) is 7.68. The van der Waals surface area contributed by atoms with Gasteiger partial charge >= 0.3 is 6.09 Å². The Hall–Kier alpha value is -1.55. The molecule has 0 aliphatic carbocycles. The predicted octanol–water partition coefficient (Wildman–Crippen LogP) is 3.18. The highest BCUT2D eigenvalue weighted by molar-refractivity contribution is 5.68. The highest BCUT2D eigenvalue weighted by atomic mass is 16.5. The molecule has 1 saturated heterocycles. The maximum absolute atomic E-state index is 11.7. The van der Waals surface area contributed by atoms with E-state index < -0.39 is 0 Å². The molecule has 1 aromatic carbocycles. The van der Waals surface area contributed by atoms with Gasteiger partial charge in [0.25, 0.3) is 0 Å². The maximum Gasteiger partial charge on any atom is 0.407 e. The van der Waals surface area contributed by atoms with Crippen LogP contribution in [0.25, 0.3) is 0 Å². The molecule has 4 nitrogen and oxygen atoms in total. The molecule has 1 fully saturated rings. The van der Waals surface area contributed by atoms with Gasteiger partial charge in [0.2, 0.25) is 0 Å². The highest BCUT2D eigenvalue weighted by Gasteiger charge is 2.16. The molecular weight excluding hydrogens is 264 g/mol. The number of carbonyl (C=O) groups excluding carboxylic acids is 1. The second-order valence-electron chi connectivity index (χ2n) is 6.72. The number of piperidine rings is 1. The van der Waals surface area contributed by atoms with Crippen molar-refractivity contribution in [3.8, 4) is 0 Å². The van der Waals surface area contributed by atoms with Gasteiger partial charge in [-0.15, -0.1) is 0 Å². The van der Waals surface area contributed by atoms with Crippen LogP contribution < -0.4 is 10.6 Å². The largest absolute Gasteiger partial charge is 0.445 e. The summed E-state index contributed by atoms with van der Waals surface area (Å²) < 4.78 is 5.28. The van der Waals surface area contributed by atoms with Crippen LogP contribution in [0.5, 0.6) is 0 Å². The Bertz CT molecular complexity index is 474. The van der Waals surface area contributed by atoms with Crippen molar-refractivity contribution in [3.05, 3.63) is 35.4 Å². The molecule has 21 heavy (non-hydrogen) atoms. The van der Waals surface area contributed by atoms with Crippen LogP contribution in [0.1, 0.15) is 50.7 Å². The van der Waals surface area contributed by atoms with Gasteiger partial charge in [0.1, 0.15) is 6.61 Å². The first-order chi connectivity index (χ1) is 9.94. The summed E-state index contributed by atoms with van der Waals surface area (Å²) in [6.45, 7) is 8.30. The molecule has 0 unspecified atom stereocenters. The molecule has 0 saturated carbocycles. The third-order valence-corrected chi connectivity index (χ3v) is 3.61. The van der Waals surface area contributed by atoms with Gasteiger partial charge in [-0.05, 0) is 63.7 Å². The lowest BCUT2D eigenvalue weighted by atomic mass is 9.89. The number of hydrogen-bond acceptors (Lipinski definition) is 3. The van der Waals surface area contributed by atoms with Crippen LogP contribution in [0.15, 0.2) is 24.3 Å². The predicted molar refractivity (Wildman–Crippen MR) is 84.4 cm³/mol. The van der Waals surface area contributed by atoms with Crippen LogP contribution in [-0.2, 0) is 11.3 Å². The minimum absolute atomic E-state index is 0.270. The molecule has 1 amide bonds. The van der Waals surface area contributed by atoms with Crippen molar-refractivity contribution in [2.75, 3.05) is 13.1 Å². The SMILES string of the molecule is CC(C)(C)NC(=O)OCc1cccc(C2CCNCC2)c1. The summed E-state index contributed by atoms with van der Waals surface area (Å²) in [7, 11) is 0. The second-order valence-corrected chi connectivity index (χ2v) is 6.72. The third-order valence-electron chi connectivity index (χ3n) is 3.61. The van der Waals surface area contributed by atoms with E-state index in [1.165, 1.54) is 18.4 Å². The number of benzene rings is 1. The molecule has 116 valence electrons. The van der Waals surface area contributed by atoms with Crippen molar-refractivity contribution in [2.24, 2.45) is 0 Å². The van der Waals surface area contributed by atoms with E-state index in [4.69, 9.17) is 4.74 Å². The molecule has 1 aliphatic rings. The van der Waals surface area contributed by atoms with Gasteiger partial charge in [0.15, 0.2) is 0 Å². The molecule has 0 spiro atoms. The normalized spacial score (nSPS) is 16.5. The second kappa shape index (κ2) is 6.94. The summed E-state index contributed by atoms with van der Waals surface area (Å²) in [5, 5.41) is 6.18. The Balaban J connectivity index is 1.90. The summed E-state index contributed by atoms with van der Waals surface area (Å²) in [6, 6.07) is 8.40. The minimum Gasteiger partial charge on any atom is -0.445 e. The Morgan fingerprint density at radius 3 is 2.71 bits per heavy atom. The Morgan fingerprint density at radius 1 is 1.33 bits per heavy atom. The zero-order valence-corrected chi connectivity index (χ0v) is 13.2. The van der Waals surface area contributed by atoms with Crippen LogP contribution >= 0.6 is 0 Å². The van der Waals surface area contributed by atoms with E-state index in [0.29, 0.717) is 12.5 Å². The molecule has 0 aromatic heterocycles. The van der Waals surface area contributed by atoms with Crippen molar-refractivity contribution < 1.29 is 9.53 Å². The summed E-state index contributed by atoms with van der Waals surface area (Å²) in [5.74, 6) is 0.620. The molecule has 1 aliphatic heterocycles. The van der Waals surface area contributed by atoms with Gasteiger partial charge < -0.3 is 15.4 Å². The smallest absolute Gasteiger partial charge is 0.407 e. The zero-order valence-electron chi connectivity index (χ0n) is 13.2. The molecule has 0 radical (unpaired) electrons.